The van der Waals surface area contributed by atoms with Crippen LogP contribution in [0.4, 0.5) is 0 Å². The van der Waals surface area contributed by atoms with Crippen molar-refractivity contribution in [3.05, 3.63) is 0 Å². The van der Waals surface area contributed by atoms with Crippen LogP contribution < -0.4 is 0 Å². The third-order valence-corrected chi connectivity index (χ3v) is 3.60. The van der Waals surface area contributed by atoms with Gasteiger partial charge in [0.2, 0.25) is 0 Å². The summed E-state index contributed by atoms with van der Waals surface area (Å²) >= 11 is 0. The SMILES string of the molecule is COC(=O)[C@@H]1CC[C@@H]2C[C@H]1CN2C. The summed E-state index contributed by atoms with van der Waals surface area (Å²) in [7, 11) is 3.65. The molecule has 0 spiro atoms. The van der Waals surface area contributed by atoms with E-state index >= 15 is 0 Å². The fourth-order valence-corrected chi connectivity index (χ4v) is 2.82. The lowest BCUT2D eigenvalue weighted by Crippen LogP contribution is -2.29. The van der Waals surface area contributed by atoms with E-state index in [4.69, 9.17) is 4.74 Å². The fraction of sp³-hybridized carbons (Fsp3) is 0.900. The van der Waals surface area contributed by atoms with E-state index in [0.29, 0.717) is 5.92 Å². The maximum absolute atomic E-state index is 11.4. The number of carbonyl (C=O) groups excluding carboxylic acids is 1. The Kier molecular flexibility index (Phi) is 2.28. The molecule has 2 fully saturated rings. The molecule has 0 unspecified atom stereocenters. The Labute approximate surface area is 79.0 Å². The monoisotopic (exact) mass is 183 g/mol. The van der Waals surface area contributed by atoms with Gasteiger partial charge in [0.25, 0.3) is 0 Å². The highest BCUT2D eigenvalue weighted by Crippen LogP contribution is 2.38. The first-order chi connectivity index (χ1) is 6.22. The van der Waals surface area contributed by atoms with Crippen molar-refractivity contribution in [2.75, 3.05) is 20.7 Å². The van der Waals surface area contributed by atoms with Gasteiger partial charge in [0.1, 0.15) is 0 Å². The molecule has 1 heterocycles. The van der Waals surface area contributed by atoms with Crippen LogP contribution in [-0.4, -0.2) is 37.6 Å². The predicted octanol–water partition coefficient (Wildman–Crippen LogP) is 0.890. The maximum Gasteiger partial charge on any atom is 0.308 e. The smallest absolute Gasteiger partial charge is 0.308 e. The van der Waals surface area contributed by atoms with Crippen molar-refractivity contribution in [3.8, 4) is 0 Å². The number of hydrogen-bond acceptors (Lipinski definition) is 3. The number of carbonyl (C=O) groups is 1. The van der Waals surface area contributed by atoms with Crippen molar-refractivity contribution in [2.24, 2.45) is 11.8 Å². The molecule has 0 aromatic carbocycles. The number of ether oxygens (including phenoxy) is 1. The van der Waals surface area contributed by atoms with Gasteiger partial charge in [-0.3, -0.25) is 4.79 Å². The number of fused-ring (bicyclic) bond motifs is 2. The second-order valence-corrected chi connectivity index (χ2v) is 4.30. The molecule has 2 rings (SSSR count). The summed E-state index contributed by atoms with van der Waals surface area (Å²) in [6.07, 6.45) is 3.37. The quantitative estimate of drug-likeness (QED) is 0.565. The van der Waals surface area contributed by atoms with Gasteiger partial charge in [0.15, 0.2) is 0 Å². The Balaban J connectivity index is 2.05. The Morgan fingerprint density at radius 1 is 1.46 bits per heavy atom. The zero-order chi connectivity index (χ0) is 9.42. The lowest BCUT2D eigenvalue weighted by Gasteiger charge is -2.25. The van der Waals surface area contributed by atoms with Crippen molar-refractivity contribution < 1.29 is 9.53 Å². The van der Waals surface area contributed by atoms with Crippen molar-refractivity contribution in [1.82, 2.24) is 4.90 Å². The third-order valence-electron chi connectivity index (χ3n) is 3.60. The van der Waals surface area contributed by atoms with E-state index in [1.807, 2.05) is 0 Å². The molecule has 1 aliphatic heterocycles. The van der Waals surface area contributed by atoms with E-state index in [-0.39, 0.29) is 11.9 Å². The minimum Gasteiger partial charge on any atom is -0.469 e. The van der Waals surface area contributed by atoms with Crippen molar-refractivity contribution >= 4 is 5.97 Å². The minimum absolute atomic E-state index is 0.00116. The molecule has 3 nitrogen and oxygen atoms in total. The van der Waals surface area contributed by atoms with Gasteiger partial charge < -0.3 is 9.64 Å². The summed E-state index contributed by atoms with van der Waals surface area (Å²) in [6, 6.07) is 0.728. The third kappa shape index (κ3) is 1.46. The second-order valence-electron chi connectivity index (χ2n) is 4.30. The Hall–Kier alpha value is -0.570. The van der Waals surface area contributed by atoms with Gasteiger partial charge in [-0.2, -0.15) is 0 Å². The van der Waals surface area contributed by atoms with Crippen LogP contribution in [0.5, 0.6) is 0 Å². The maximum atomic E-state index is 11.4. The zero-order valence-electron chi connectivity index (χ0n) is 8.32. The van der Waals surface area contributed by atoms with Crippen LogP contribution in [0, 0.1) is 11.8 Å². The van der Waals surface area contributed by atoms with E-state index in [0.717, 1.165) is 25.4 Å². The molecule has 0 radical (unpaired) electrons. The van der Waals surface area contributed by atoms with Crippen LogP contribution >= 0.6 is 0 Å². The summed E-state index contributed by atoms with van der Waals surface area (Å²) in [5, 5.41) is 0. The normalized spacial score (nSPS) is 39.1. The van der Waals surface area contributed by atoms with Crippen LogP contribution in [0.15, 0.2) is 0 Å². The summed E-state index contributed by atoms with van der Waals surface area (Å²) in [6.45, 7) is 1.07. The van der Waals surface area contributed by atoms with Gasteiger partial charge in [-0.15, -0.1) is 0 Å². The first kappa shape index (κ1) is 9.00. The molecule has 0 aromatic heterocycles. The first-order valence-electron chi connectivity index (χ1n) is 5.00. The number of methoxy groups -OCH3 is 1. The molecular weight excluding hydrogens is 166 g/mol. The number of hydrogen-bond donors (Lipinski definition) is 0. The standard InChI is InChI=1S/C10H17NO2/c1-11-6-7-5-8(11)3-4-9(7)10(12)13-2/h7-9H,3-6H2,1-2H3/t7-,8+,9+/m0/s1. The Morgan fingerprint density at radius 3 is 2.92 bits per heavy atom. The average Bonchev–Trinajstić information content (AvgIpc) is 2.42. The summed E-state index contributed by atoms with van der Waals surface area (Å²) in [4.78, 5) is 13.8. The van der Waals surface area contributed by atoms with E-state index in [9.17, 15) is 4.79 Å². The van der Waals surface area contributed by atoms with E-state index in [1.54, 1.807) is 0 Å². The lowest BCUT2D eigenvalue weighted by molar-refractivity contribution is -0.148. The highest BCUT2D eigenvalue weighted by atomic mass is 16.5. The largest absolute Gasteiger partial charge is 0.469 e. The van der Waals surface area contributed by atoms with Crippen LogP contribution in [0.2, 0.25) is 0 Å². The molecule has 1 saturated carbocycles. The molecule has 0 amide bonds. The van der Waals surface area contributed by atoms with E-state index in [1.165, 1.54) is 13.5 Å². The average molecular weight is 183 g/mol. The van der Waals surface area contributed by atoms with Crippen molar-refractivity contribution in [3.63, 3.8) is 0 Å². The molecule has 74 valence electrons. The van der Waals surface area contributed by atoms with Gasteiger partial charge in [0, 0.05) is 12.6 Å². The molecule has 2 bridgehead atoms. The van der Waals surface area contributed by atoms with Crippen LogP contribution in [-0.2, 0) is 9.53 Å². The number of rotatable bonds is 1. The van der Waals surface area contributed by atoms with Crippen LogP contribution in [0.3, 0.4) is 0 Å². The Morgan fingerprint density at radius 2 is 2.23 bits per heavy atom. The minimum atomic E-state index is -0.00116. The topological polar surface area (TPSA) is 29.5 Å². The summed E-state index contributed by atoms with van der Waals surface area (Å²) in [5.74, 6) is 0.723. The van der Waals surface area contributed by atoms with E-state index in [2.05, 4.69) is 11.9 Å². The summed E-state index contributed by atoms with van der Waals surface area (Å²) < 4.78 is 4.82. The van der Waals surface area contributed by atoms with Crippen LogP contribution in [0.25, 0.3) is 0 Å². The second kappa shape index (κ2) is 3.29. The highest BCUT2D eigenvalue weighted by Gasteiger charge is 2.42. The lowest BCUT2D eigenvalue weighted by atomic mass is 9.80. The molecule has 13 heavy (non-hydrogen) atoms. The number of esters is 1. The Bertz CT molecular complexity index is 215. The van der Waals surface area contributed by atoms with Crippen LogP contribution in [0.1, 0.15) is 19.3 Å². The molecule has 3 heteroatoms. The molecule has 1 saturated heterocycles. The predicted molar refractivity (Wildman–Crippen MR) is 49.3 cm³/mol. The van der Waals surface area contributed by atoms with E-state index < -0.39 is 0 Å². The fourth-order valence-electron chi connectivity index (χ4n) is 2.82. The molecule has 0 N–H and O–H groups in total. The summed E-state index contributed by atoms with van der Waals surface area (Å²) in [5.41, 5.74) is 0. The highest BCUT2D eigenvalue weighted by molar-refractivity contribution is 5.72. The molecular formula is C10H17NO2. The van der Waals surface area contributed by atoms with Gasteiger partial charge >= 0.3 is 5.97 Å². The van der Waals surface area contributed by atoms with Crippen molar-refractivity contribution in [2.45, 2.75) is 25.3 Å². The van der Waals surface area contributed by atoms with Gasteiger partial charge in [0.05, 0.1) is 13.0 Å². The van der Waals surface area contributed by atoms with Crippen molar-refractivity contribution in [1.29, 1.82) is 0 Å². The first-order valence-corrected chi connectivity index (χ1v) is 5.00. The van der Waals surface area contributed by atoms with Gasteiger partial charge in [-0.25, -0.2) is 0 Å². The number of nitrogens with zero attached hydrogens (tertiary/aromatic N) is 1. The molecule has 3 atom stereocenters. The zero-order valence-corrected chi connectivity index (χ0v) is 8.32. The van der Waals surface area contributed by atoms with Gasteiger partial charge in [-0.05, 0) is 32.2 Å². The molecule has 0 aromatic rings. The molecule has 2 aliphatic rings. The van der Waals surface area contributed by atoms with Gasteiger partial charge in [-0.1, -0.05) is 0 Å². The number of likely N-dealkylation sites (tertiary alicyclic amines) is 1. The molecule has 1 aliphatic carbocycles.